The molecule has 1 N–H and O–H groups in total. The highest BCUT2D eigenvalue weighted by molar-refractivity contribution is 5.86. The molecule has 0 saturated heterocycles. The Hall–Kier alpha value is -1.91. The van der Waals surface area contributed by atoms with E-state index in [0.29, 0.717) is 11.5 Å². The Labute approximate surface area is 92.7 Å². The van der Waals surface area contributed by atoms with E-state index in [-0.39, 0.29) is 5.69 Å². The van der Waals surface area contributed by atoms with Gasteiger partial charge in [-0.3, -0.25) is 0 Å². The Balaban J connectivity index is 2.67. The van der Waals surface area contributed by atoms with Crippen LogP contribution in [0.4, 0.5) is 0 Å². The molecule has 2 rings (SSSR count). The van der Waals surface area contributed by atoms with Gasteiger partial charge in [-0.1, -0.05) is 13.3 Å². The first-order chi connectivity index (χ1) is 7.61. The molecule has 16 heavy (non-hydrogen) atoms. The van der Waals surface area contributed by atoms with E-state index in [4.69, 9.17) is 5.11 Å². The Morgan fingerprint density at radius 2 is 2.25 bits per heavy atom. The maximum atomic E-state index is 11.1. The molecular formula is C11H13N3O2. The third kappa shape index (κ3) is 1.76. The molecule has 0 spiro atoms. The number of aromatic carboxylic acids is 1. The summed E-state index contributed by atoms with van der Waals surface area (Å²) in [5.41, 5.74) is 1.75. The predicted molar refractivity (Wildman–Crippen MR) is 58.7 cm³/mol. The summed E-state index contributed by atoms with van der Waals surface area (Å²) in [4.78, 5) is 15.3. The third-order valence-corrected chi connectivity index (χ3v) is 2.36. The molecular weight excluding hydrogens is 206 g/mol. The molecule has 0 atom stereocenters. The van der Waals surface area contributed by atoms with Gasteiger partial charge in [-0.15, -0.1) is 0 Å². The van der Waals surface area contributed by atoms with E-state index in [2.05, 4.69) is 17.0 Å². The number of carbonyl (C=O) groups is 1. The summed E-state index contributed by atoms with van der Waals surface area (Å²) in [6, 6.07) is 3.54. The first-order valence-electron chi connectivity index (χ1n) is 5.21. The molecule has 0 aliphatic carbocycles. The summed E-state index contributed by atoms with van der Waals surface area (Å²) in [7, 11) is 0. The fraction of sp³-hybridized carbons (Fsp3) is 0.364. The lowest BCUT2D eigenvalue weighted by molar-refractivity contribution is 0.0687. The van der Waals surface area contributed by atoms with E-state index in [1.54, 1.807) is 13.0 Å². The molecule has 0 aromatic carbocycles. The molecule has 2 aromatic rings. The Bertz CT molecular complexity index is 545. The first-order valence-corrected chi connectivity index (χ1v) is 5.21. The maximum Gasteiger partial charge on any atom is 0.354 e. The van der Waals surface area contributed by atoms with Gasteiger partial charge in [-0.25, -0.2) is 14.3 Å². The lowest BCUT2D eigenvalue weighted by Crippen LogP contribution is -2.07. The van der Waals surface area contributed by atoms with Crippen molar-refractivity contribution in [3.05, 3.63) is 29.2 Å². The minimum Gasteiger partial charge on any atom is -0.477 e. The quantitative estimate of drug-likeness (QED) is 0.852. The monoisotopic (exact) mass is 219 g/mol. The van der Waals surface area contributed by atoms with Gasteiger partial charge in [-0.05, 0) is 31.0 Å². The van der Waals surface area contributed by atoms with Gasteiger partial charge >= 0.3 is 5.97 Å². The average molecular weight is 219 g/mol. The van der Waals surface area contributed by atoms with Crippen molar-refractivity contribution in [2.75, 3.05) is 0 Å². The van der Waals surface area contributed by atoms with E-state index in [9.17, 15) is 4.79 Å². The lowest BCUT2D eigenvalue weighted by Gasteiger charge is -2.03. The van der Waals surface area contributed by atoms with E-state index >= 15 is 0 Å². The Kier molecular flexibility index (Phi) is 2.60. The standard InChI is InChI=1S/C11H13N3O2/c1-3-4-8-5-9(11(15)16)14-10(6-8)12-7(2)13-14/h5-6H,3-4H2,1-2H3,(H,15,16). The van der Waals surface area contributed by atoms with E-state index < -0.39 is 5.97 Å². The first kappa shape index (κ1) is 10.6. The van der Waals surface area contributed by atoms with Crippen molar-refractivity contribution >= 4 is 11.6 Å². The van der Waals surface area contributed by atoms with Crippen molar-refractivity contribution in [1.29, 1.82) is 0 Å². The molecule has 2 aromatic heterocycles. The minimum absolute atomic E-state index is 0.168. The molecule has 0 aliphatic rings. The van der Waals surface area contributed by atoms with Crippen LogP contribution in [0, 0.1) is 6.92 Å². The number of aromatic nitrogens is 3. The van der Waals surface area contributed by atoms with Crippen LogP contribution in [0.15, 0.2) is 12.1 Å². The summed E-state index contributed by atoms with van der Waals surface area (Å²) >= 11 is 0. The molecule has 0 bridgehead atoms. The third-order valence-electron chi connectivity index (χ3n) is 2.36. The van der Waals surface area contributed by atoms with Gasteiger partial charge in [0.2, 0.25) is 0 Å². The molecule has 0 unspecified atom stereocenters. The van der Waals surface area contributed by atoms with Crippen molar-refractivity contribution < 1.29 is 9.90 Å². The molecule has 2 heterocycles. The van der Waals surface area contributed by atoms with Gasteiger partial charge in [0.1, 0.15) is 5.82 Å². The van der Waals surface area contributed by atoms with Crippen molar-refractivity contribution in [2.24, 2.45) is 0 Å². The molecule has 0 saturated carbocycles. The van der Waals surface area contributed by atoms with Crippen LogP contribution in [0.1, 0.15) is 35.2 Å². The second-order valence-corrected chi connectivity index (χ2v) is 3.73. The van der Waals surface area contributed by atoms with Gasteiger partial charge in [-0.2, -0.15) is 5.10 Å². The van der Waals surface area contributed by atoms with Gasteiger partial charge in [0.25, 0.3) is 0 Å². The number of carboxylic acids is 1. The topological polar surface area (TPSA) is 67.5 Å². The van der Waals surface area contributed by atoms with Crippen LogP contribution >= 0.6 is 0 Å². The number of pyridine rings is 1. The summed E-state index contributed by atoms with van der Waals surface area (Å²) in [5.74, 6) is -0.399. The highest BCUT2D eigenvalue weighted by atomic mass is 16.4. The number of rotatable bonds is 3. The summed E-state index contributed by atoms with van der Waals surface area (Å²) < 4.78 is 1.37. The SMILES string of the molecule is CCCc1cc(C(=O)O)n2nc(C)nc2c1. The molecule has 0 fully saturated rings. The van der Waals surface area contributed by atoms with Crippen LogP contribution < -0.4 is 0 Å². The molecule has 0 amide bonds. The van der Waals surface area contributed by atoms with Crippen molar-refractivity contribution in [3.8, 4) is 0 Å². The largest absolute Gasteiger partial charge is 0.477 e. The highest BCUT2D eigenvalue weighted by Crippen LogP contribution is 2.12. The molecule has 5 nitrogen and oxygen atoms in total. The smallest absolute Gasteiger partial charge is 0.354 e. The summed E-state index contributed by atoms with van der Waals surface area (Å²) in [5, 5.41) is 13.2. The zero-order valence-corrected chi connectivity index (χ0v) is 9.27. The predicted octanol–water partition coefficient (Wildman–Crippen LogP) is 1.69. The molecule has 0 radical (unpaired) electrons. The maximum absolute atomic E-state index is 11.1. The molecule has 5 heteroatoms. The Morgan fingerprint density at radius 3 is 2.88 bits per heavy atom. The van der Waals surface area contributed by atoms with E-state index in [0.717, 1.165) is 18.4 Å². The van der Waals surface area contributed by atoms with Crippen LogP contribution in [0.5, 0.6) is 0 Å². The van der Waals surface area contributed by atoms with Crippen LogP contribution in [-0.4, -0.2) is 25.7 Å². The number of aryl methyl sites for hydroxylation is 2. The summed E-state index contributed by atoms with van der Waals surface area (Å²) in [6.07, 6.45) is 1.82. The second kappa shape index (κ2) is 3.92. The highest BCUT2D eigenvalue weighted by Gasteiger charge is 2.12. The Morgan fingerprint density at radius 1 is 1.50 bits per heavy atom. The molecule has 84 valence electrons. The fourth-order valence-corrected chi connectivity index (χ4v) is 1.73. The van der Waals surface area contributed by atoms with Crippen LogP contribution in [-0.2, 0) is 6.42 Å². The number of carboxylic acid groups (broad SMARTS) is 1. The second-order valence-electron chi connectivity index (χ2n) is 3.73. The lowest BCUT2D eigenvalue weighted by atomic mass is 10.1. The van der Waals surface area contributed by atoms with Crippen molar-refractivity contribution in [2.45, 2.75) is 26.7 Å². The number of hydrogen-bond donors (Lipinski definition) is 1. The number of hydrogen-bond acceptors (Lipinski definition) is 3. The van der Waals surface area contributed by atoms with Crippen LogP contribution in [0.2, 0.25) is 0 Å². The fourth-order valence-electron chi connectivity index (χ4n) is 1.73. The zero-order chi connectivity index (χ0) is 11.7. The molecule has 0 aliphatic heterocycles. The van der Waals surface area contributed by atoms with Crippen molar-refractivity contribution in [3.63, 3.8) is 0 Å². The van der Waals surface area contributed by atoms with E-state index in [1.165, 1.54) is 4.52 Å². The number of nitrogens with zero attached hydrogens (tertiary/aromatic N) is 3. The van der Waals surface area contributed by atoms with E-state index in [1.807, 2.05) is 6.07 Å². The van der Waals surface area contributed by atoms with Crippen LogP contribution in [0.3, 0.4) is 0 Å². The van der Waals surface area contributed by atoms with Crippen molar-refractivity contribution in [1.82, 2.24) is 14.6 Å². The zero-order valence-electron chi connectivity index (χ0n) is 9.27. The van der Waals surface area contributed by atoms with Crippen LogP contribution in [0.25, 0.3) is 5.65 Å². The van der Waals surface area contributed by atoms with Gasteiger partial charge in [0, 0.05) is 0 Å². The van der Waals surface area contributed by atoms with Gasteiger partial charge < -0.3 is 5.11 Å². The normalized spacial score (nSPS) is 10.9. The average Bonchev–Trinajstić information content (AvgIpc) is 2.57. The number of fused-ring (bicyclic) bond motifs is 1. The summed E-state index contributed by atoms with van der Waals surface area (Å²) in [6.45, 7) is 3.80. The van der Waals surface area contributed by atoms with Gasteiger partial charge in [0.15, 0.2) is 11.3 Å². The van der Waals surface area contributed by atoms with Gasteiger partial charge in [0.05, 0.1) is 0 Å². The minimum atomic E-state index is -0.979.